The van der Waals surface area contributed by atoms with Crippen molar-refractivity contribution in [1.82, 2.24) is 14.8 Å². The zero-order valence-corrected chi connectivity index (χ0v) is 13.3. The summed E-state index contributed by atoms with van der Waals surface area (Å²) in [6, 6.07) is 17.0. The van der Waals surface area contributed by atoms with Crippen molar-refractivity contribution < 1.29 is 9.18 Å². The number of nitrogens with zero attached hydrogens (tertiary/aromatic N) is 4. The average molecular weight is 335 g/mol. The molecule has 3 rings (SSSR count). The summed E-state index contributed by atoms with van der Waals surface area (Å²) in [5.41, 5.74) is 0.827. The lowest BCUT2D eigenvalue weighted by Crippen LogP contribution is -2.23. The van der Waals surface area contributed by atoms with Crippen LogP contribution >= 0.6 is 0 Å². The molecule has 0 fully saturated rings. The molecule has 0 saturated heterocycles. The predicted octanol–water partition coefficient (Wildman–Crippen LogP) is 2.87. The minimum absolute atomic E-state index is 0.0122. The van der Waals surface area contributed by atoms with E-state index in [1.165, 1.54) is 18.2 Å². The third-order valence-electron chi connectivity index (χ3n) is 3.72. The van der Waals surface area contributed by atoms with E-state index in [2.05, 4.69) is 15.5 Å². The van der Waals surface area contributed by atoms with Gasteiger partial charge in [0.1, 0.15) is 5.82 Å². The molecule has 0 bridgehead atoms. The van der Waals surface area contributed by atoms with Crippen LogP contribution in [-0.4, -0.2) is 20.7 Å². The fourth-order valence-corrected chi connectivity index (χ4v) is 2.43. The zero-order chi connectivity index (χ0) is 17.8. The number of anilines is 1. The number of nitriles is 1. The number of hydrogen-bond acceptors (Lipinski definition) is 4. The Balaban J connectivity index is 1.89. The normalized spacial score (nSPS) is 11.6. The maximum Gasteiger partial charge on any atom is 0.249 e. The Morgan fingerprint density at radius 1 is 1.16 bits per heavy atom. The number of halogens is 1. The van der Waals surface area contributed by atoms with Gasteiger partial charge in [-0.2, -0.15) is 5.26 Å². The lowest BCUT2D eigenvalue weighted by atomic mass is 10.1. The van der Waals surface area contributed by atoms with Crippen LogP contribution in [0.15, 0.2) is 54.6 Å². The summed E-state index contributed by atoms with van der Waals surface area (Å²) < 4.78 is 15.3. The van der Waals surface area contributed by atoms with Gasteiger partial charge in [0.15, 0.2) is 17.6 Å². The molecule has 0 aliphatic rings. The lowest BCUT2D eigenvalue weighted by molar-refractivity contribution is -0.116. The van der Waals surface area contributed by atoms with Gasteiger partial charge in [-0.15, -0.1) is 10.2 Å². The SMILES string of the molecule is Cn1c(-c2ccccc2)nnc1[C@H](C#N)C(=O)Nc1ccccc1F. The fraction of sp³-hybridized carbons (Fsp3) is 0.111. The van der Waals surface area contributed by atoms with Crippen molar-refractivity contribution in [2.24, 2.45) is 7.05 Å². The van der Waals surface area contributed by atoms with Crippen molar-refractivity contribution in [2.75, 3.05) is 5.32 Å². The van der Waals surface area contributed by atoms with E-state index in [1.54, 1.807) is 17.7 Å². The minimum atomic E-state index is -1.21. The molecule has 1 N–H and O–H groups in total. The second kappa shape index (κ2) is 6.93. The molecular formula is C18H14FN5O. The Labute approximate surface area is 143 Å². The Morgan fingerprint density at radius 3 is 2.52 bits per heavy atom. The summed E-state index contributed by atoms with van der Waals surface area (Å²) in [7, 11) is 1.68. The van der Waals surface area contributed by atoms with Crippen molar-refractivity contribution in [3.63, 3.8) is 0 Å². The summed E-state index contributed by atoms with van der Waals surface area (Å²) in [5, 5.41) is 19.9. The molecule has 1 heterocycles. The average Bonchev–Trinajstić information content (AvgIpc) is 3.00. The van der Waals surface area contributed by atoms with Gasteiger partial charge in [-0.3, -0.25) is 4.79 Å². The Morgan fingerprint density at radius 2 is 1.84 bits per heavy atom. The van der Waals surface area contributed by atoms with Crippen molar-refractivity contribution in [3.8, 4) is 17.5 Å². The second-order valence-electron chi connectivity index (χ2n) is 5.34. The maximum atomic E-state index is 13.7. The van der Waals surface area contributed by atoms with E-state index >= 15 is 0 Å². The first-order chi connectivity index (χ1) is 12.1. The number of benzene rings is 2. The van der Waals surface area contributed by atoms with Crippen LogP contribution in [0.3, 0.4) is 0 Å². The quantitative estimate of drug-likeness (QED) is 0.794. The number of rotatable bonds is 4. The van der Waals surface area contributed by atoms with Gasteiger partial charge in [-0.25, -0.2) is 4.39 Å². The van der Waals surface area contributed by atoms with Gasteiger partial charge in [-0.05, 0) is 12.1 Å². The van der Waals surface area contributed by atoms with E-state index in [0.29, 0.717) is 5.82 Å². The predicted molar refractivity (Wildman–Crippen MR) is 89.8 cm³/mol. The van der Waals surface area contributed by atoms with Crippen LogP contribution in [0.4, 0.5) is 10.1 Å². The molecule has 7 heteroatoms. The van der Waals surface area contributed by atoms with Crippen molar-refractivity contribution in [2.45, 2.75) is 5.92 Å². The van der Waals surface area contributed by atoms with Gasteiger partial charge in [0.25, 0.3) is 0 Å². The fourth-order valence-electron chi connectivity index (χ4n) is 2.43. The van der Waals surface area contributed by atoms with Crippen LogP contribution < -0.4 is 5.32 Å². The van der Waals surface area contributed by atoms with E-state index in [9.17, 15) is 14.4 Å². The highest BCUT2D eigenvalue weighted by Gasteiger charge is 2.27. The van der Waals surface area contributed by atoms with Crippen LogP contribution in [0, 0.1) is 17.1 Å². The maximum absolute atomic E-state index is 13.7. The third kappa shape index (κ3) is 3.23. The van der Waals surface area contributed by atoms with Gasteiger partial charge in [-0.1, -0.05) is 42.5 Å². The van der Waals surface area contributed by atoms with Gasteiger partial charge < -0.3 is 9.88 Å². The summed E-state index contributed by atoms with van der Waals surface area (Å²) >= 11 is 0. The van der Waals surface area contributed by atoms with Crippen LogP contribution in [0.1, 0.15) is 11.7 Å². The van der Waals surface area contributed by atoms with Crippen LogP contribution in [0.2, 0.25) is 0 Å². The number of para-hydroxylation sites is 1. The topological polar surface area (TPSA) is 83.6 Å². The second-order valence-corrected chi connectivity index (χ2v) is 5.34. The summed E-state index contributed by atoms with van der Waals surface area (Å²) in [5.74, 6) is -1.72. The summed E-state index contributed by atoms with van der Waals surface area (Å²) in [6.07, 6.45) is 0. The number of carbonyl (C=O) groups excluding carboxylic acids is 1. The van der Waals surface area contributed by atoms with Gasteiger partial charge in [0.05, 0.1) is 11.8 Å². The van der Waals surface area contributed by atoms with Gasteiger partial charge >= 0.3 is 0 Å². The largest absolute Gasteiger partial charge is 0.322 e. The zero-order valence-electron chi connectivity index (χ0n) is 13.3. The van der Waals surface area contributed by atoms with Crippen LogP contribution in [-0.2, 0) is 11.8 Å². The number of hydrogen-bond donors (Lipinski definition) is 1. The molecule has 0 unspecified atom stereocenters. The number of carbonyl (C=O) groups is 1. The highest BCUT2D eigenvalue weighted by atomic mass is 19.1. The minimum Gasteiger partial charge on any atom is -0.322 e. The molecule has 0 aliphatic carbocycles. The Kier molecular flexibility index (Phi) is 4.53. The smallest absolute Gasteiger partial charge is 0.249 e. The molecule has 1 atom stereocenters. The molecule has 1 amide bonds. The molecule has 1 aromatic heterocycles. The monoisotopic (exact) mass is 335 g/mol. The highest BCUT2D eigenvalue weighted by Crippen LogP contribution is 2.22. The van der Waals surface area contributed by atoms with E-state index in [1.807, 2.05) is 36.4 Å². The van der Waals surface area contributed by atoms with Gasteiger partial charge in [0.2, 0.25) is 5.91 Å². The highest BCUT2D eigenvalue weighted by molar-refractivity contribution is 5.97. The van der Waals surface area contributed by atoms with E-state index in [-0.39, 0.29) is 11.5 Å². The number of aromatic nitrogens is 3. The summed E-state index contributed by atoms with van der Waals surface area (Å²) in [4.78, 5) is 12.4. The first-order valence-electron chi connectivity index (χ1n) is 7.51. The molecule has 25 heavy (non-hydrogen) atoms. The number of amides is 1. The van der Waals surface area contributed by atoms with Gasteiger partial charge in [0, 0.05) is 12.6 Å². The first-order valence-corrected chi connectivity index (χ1v) is 7.51. The van der Waals surface area contributed by atoms with Crippen LogP contribution in [0.5, 0.6) is 0 Å². The Bertz CT molecular complexity index is 946. The van der Waals surface area contributed by atoms with Crippen molar-refractivity contribution in [3.05, 3.63) is 66.2 Å². The molecule has 0 spiro atoms. The van der Waals surface area contributed by atoms with E-state index in [0.717, 1.165) is 5.56 Å². The van der Waals surface area contributed by atoms with Crippen LogP contribution in [0.25, 0.3) is 11.4 Å². The summed E-state index contributed by atoms with van der Waals surface area (Å²) in [6.45, 7) is 0. The Hall–Kier alpha value is -3.53. The molecule has 6 nitrogen and oxygen atoms in total. The molecule has 124 valence electrons. The lowest BCUT2D eigenvalue weighted by Gasteiger charge is -2.11. The molecule has 0 saturated carbocycles. The van der Waals surface area contributed by atoms with Crippen molar-refractivity contribution in [1.29, 1.82) is 5.26 Å². The molecular weight excluding hydrogens is 321 g/mol. The number of nitrogens with one attached hydrogen (secondary N) is 1. The third-order valence-corrected chi connectivity index (χ3v) is 3.72. The molecule has 2 aromatic carbocycles. The first kappa shape index (κ1) is 16.3. The molecule has 0 aliphatic heterocycles. The molecule has 3 aromatic rings. The molecule has 0 radical (unpaired) electrons. The van der Waals surface area contributed by atoms with E-state index < -0.39 is 17.6 Å². The van der Waals surface area contributed by atoms with E-state index in [4.69, 9.17) is 0 Å². The van der Waals surface area contributed by atoms with Crippen molar-refractivity contribution >= 4 is 11.6 Å². The standard InChI is InChI=1S/C18H14FN5O/c1-24-16(12-7-3-2-4-8-12)22-23-17(24)13(11-20)18(25)21-15-10-6-5-9-14(15)19/h2-10,13H,1H3,(H,21,25)/t13-/m0/s1.